The standard InChI is InChI=1S/C9H19N3O/c1-3-6-12-9(13)8(11)5-4-7(2)10/h8,10H,3-6,11H2,1-2H3,(H,12,13). The number of nitrogens with one attached hydrogen (secondary N) is 2. The minimum atomic E-state index is -0.466. The van der Waals surface area contributed by atoms with Crippen LogP contribution in [0.5, 0.6) is 0 Å². The zero-order valence-electron chi connectivity index (χ0n) is 8.39. The number of hydrogen-bond donors (Lipinski definition) is 3. The number of carbonyl (C=O) groups excluding carboxylic acids is 1. The summed E-state index contributed by atoms with van der Waals surface area (Å²) in [4.78, 5) is 11.2. The Morgan fingerprint density at radius 2 is 2.23 bits per heavy atom. The minimum absolute atomic E-state index is 0.108. The number of carbonyl (C=O) groups is 1. The lowest BCUT2D eigenvalue weighted by molar-refractivity contribution is -0.122. The van der Waals surface area contributed by atoms with Crippen LogP contribution in [0.3, 0.4) is 0 Å². The maximum atomic E-state index is 11.2. The second kappa shape index (κ2) is 6.60. The molecule has 0 heterocycles. The maximum Gasteiger partial charge on any atom is 0.236 e. The highest BCUT2D eigenvalue weighted by Crippen LogP contribution is 1.95. The second-order valence-electron chi connectivity index (χ2n) is 3.22. The summed E-state index contributed by atoms with van der Waals surface area (Å²) < 4.78 is 0. The fraction of sp³-hybridized carbons (Fsp3) is 0.778. The van der Waals surface area contributed by atoms with Gasteiger partial charge in [0.05, 0.1) is 6.04 Å². The molecule has 4 N–H and O–H groups in total. The summed E-state index contributed by atoms with van der Waals surface area (Å²) >= 11 is 0. The number of nitrogens with two attached hydrogens (primary N) is 1. The van der Waals surface area contributed by atoms with Gasteiger partial charge in [-0.1, -0.05) is 6.92 Å². The van der Waals surface area contributed by atoms with Crippen LogP contribution < -0.4 is 11.1 Å². The van der Waals surface area contributed by atoms with Crippen LogP contribution in [0.1, 0.15) is 33.1 Å². The molecule has 0 bridgehead atoms. The van der Waals surface area contributed by atoms with Crippen LogP contribution in [-0.4, -0.2) is 24.2 Å². The first kappa shape index (κ1) is 12.1. The molecule has 1 amide bonds. The van der Waals surface area contributed by atoms with Gasteiger partial charge in [-0.2, -0.15) is 0 Å². The molecule has 0 spiro atoms. The molecule has 0 aliphatic carbocycles. The van der Waals surface area contributed by atoms with E-state index in [0.717, 1.165) is 6.42 Å². The summed E-state index contributed by atoms with van der Waals surface area (Å²) in [6.45, 7) is 4.39. The Kier molecular flexibility index (Phi) is 6.14. The summed E-state index contributed by atoms with van der Waals surface area (Å²) in [6.07, 6.45) is 2.08. The summed E-state index contributed by atoms with van der Waals surface area (Å²) in [5.74, 6) is -0.108. The largest absolute Gasteiger partial charge is 0.355 e. The molecule has 0 aromatic rings. The normalized spacial score (nSPS) is 12.2. The monoisotopic (exact) mass is 185 g/mol. The lowest BCUT2D eigenvalue weighted by Crippen LogP contribution is -2.41. The van der Waals surface area contributed by atoms with Crippen LogP contribution in [0.2, 0.25) is 0 Å². The van der Waals surface area contributed by atoms with Crippen molar-refractivity contribution >= 4 is 11.6 Å². The molecule has 13 heavy (non-hydrogen) atoms. The lowest BCUT2D eigenvalue weighted by Gasteiger charge is -2.10. The fourth-order valence-electron chi connectivity index (χ4n) is 0.882. The fourth-order valence-corrected chi connectivity index (χ4v) is 0.882. The predicted molar refractivity (Wildman–Crippen MR) is 53.9 cm³/mol. The van der Waals surface area contributed by atoms with Crippen LogP contribution in [0.4, 0.5) is 0 Å². The summed E-state index contributed by atoms with van der Waals surface area (Å²) in [5, 5.41) is 9.90. The van der Waals surface area contributed by atoms with E-state index in [2.05, 4.69) is 5.32 Å². The predicted octanol–water partition coefficient (Wildman–Crippen LogP) is 0.660. The number of rotatable bonds is 6. The average molecular weight is 185 g/mol. The third-order valence-electron chi connectivity index (χ3n) is 1.72. The molecule has 0 aromatic carbocycles. The first-order valence-electron chi connectivity index (χ1n) is 4.65. The van der Waals surface area contributed by atoms with E-state index in [0.29, 0.717) is 25.1 Å². The quantitative estimate of drug-likeness (QED) is 0.531. The smallest absolute Gasteiger partial charge is 0.236 e. The van der Waals surface area contributed by atoms with Crippen molar-refractivity contribution in [2.24, 2.45) is 5.73 Å². The SMILES string of the molecule is CCCNC(=O)C(N)CCC(C)=N. The van der Waals surface area contributed by atoms with E-state index in [-0.39, 0.29) is 5.91 Å². The Bertz CT molecular complexity index is 180. The van der Waals surface area contributed by atoms with Crippen molar-refractivity contribution in [3.63, 3.8) is 0 Å². The van der Waals surface area contributed by atoms with Gasteiger partial charge in [0, 0.05) is 12.3 Å². The average Bonchev–Trinajstić information content (AvgIpc) is 2.10. The van der Waals surface area contributed by atoms with Crippen molar-refractivity contribution in [2.75, 3.05) is 6.54 Å². The topological polar surface area (TPSA) is 79.0 Å². The molecule has 4 nitrogen and oxygen atoms in total. The molecule has 0 aliphatic rings. The van der Waals surface area contributed by atoms with Gasteiger partial charge in [0.2, 0.25) is 5.91 Å². The Labute approximate surface area is 79.4 Å². The van der Waals surface area contributed by atoms with E-state index < -0.39 is 6.04 Å². The summed E-state index contributed by atoms with van der Waals surface area (Å²) in [7, 11) is 0. The molecule has 0 aromatic heterocycles. The molecule has 0 aliphatic heterocycles. The van der Waals surface area contributed by atoms with E-state index >= 15 is 0 Å². The molecule has 76 valence electrons. The third kappa shape index (κ3) is 6.28. The van der Waals surface area contributed by atoms with Gasteiger partial charge in [0.25, 0.3) is 0 Å². The van der Waals surface area contributed by atoms with Crippen LogP contribution in [-0.2, 0) is 4.79 Å². The van der Waals surface area contributed by atoms with E-state index in [1.165, 1.54) is 0 Å². The molecule has 0 saturated heterocycles. The van der Waals surface area contributed by atoms with Crippen LogP contribution >= 0.6 is 0 Å². The van der Waals surface area contributed by atoms with Crippen molar-refractivity contribution in [1.82, 2.24) is 5.32 Å². The Morgan fingerprint density at radius 1 is 1.62 bits per heavy atom. The van der Waals surface area contributed by atoms with Crippen molar-refractivity contribution in [3.8, 4) is 0 Å². The maximum absolute atomic E-state index is 11.2. The molecule has 4 heteroatoms. The highest BCUT2D eigenvalue weighted by molar-refractivity contribution is 5.83. The molecule has 0 saturated carbocycles. The number of amides is 1. The van der Waals surface area contributed by atoms with Gasteiger partial charge in [0.15, 0.2) is 0 Å². The van der Waals surface area contributed by atoms with Crippen molar-refractivity contribution < 1.29 is 4.79 Å². The van der Waals surface area contributed by atoms with Gasteiger partial charge in [-0.05, 0) is 26.2 Å². The molecular weight excluding hydrogens is 166 g/mol. The van der Waals surface area contributed by atoms with Gasteiger partial charge in [-0.3, -0.25) is 4.79 Å². The van der Waals surface area contributed by atoms with Crippen LogP contribution in [0, 0.1) is 5.41 Å². The molecule has 1 atom stereocenters. The lowest BCUT2D eigenvalue weighted by atomic mass is 10.1. The Balaban J connectivity index is 3.62. The van der Waals surface area contributed by atoms with Gasteiger partial charge in [-0.25, -0.2) is 0 Å². The zero-order valence-corrected chi connectivity index (χ0v) is 8.39. The molecule has 0 radical (unpaired) electrons. The summed E-state index contributed by atoms with van der Waals surface area (Å²) in [6, 6.07) is -0.466. The summed E-state index contributed by atoms with van der Waals surface area (Å²) in [5.41, 5.74) is 6.17. The molecular formula is C9H19N3O. The first-order chi connectivity index (χ1) is 6.07. The van der Waals surface area contributed by atoms with Gasteiger partial charge < -0.3 is 16.5 Å². The highest BCUT2D eigenvalue weighted by atomic mass is 16.2. The first-order valence-corrected chi connectivity index (χ1v) is 4.65. The Hall–Kier alpha value is -0.900. The highest BCUT2D eigenvalue weighted by Gasteiger charge is 2.11. The molecule has 0 rings (SSSR count). The van der Waals surface area contributed by atoms with Gasteiger partial charge in [0.1, 0.15) is 0 Å². The number of hydrogen-bond acceptors (Lipinski definition) is 3. The van der Waals surface area contributed by atoms with E-state index in [4.69, 9.17) is 11.1 Å². The van der Waals surface area contributed by atoms with E-state index in [1.54, 1.807) is 6.92 Å². The van der Waals surface area contributed by atoms with E-state index in [9.17, 15) is 4.79 Å². The van der Waals surface area contributed by atoms with E-state index in [1.807, 2.05) is 6.92 Å². The van der Waals surface area contributed by atoms with Crippen LogP contribution in [0.15, 0.2) is 0 Å². The van der Waals surface area contributed by atoms with Gasteiger partial charge in [-0.15, -0.1) is 0 Å². The van der Waals surface area contributed by atoms with Crippen molar-refractivity contribution in [1.29, 1.82) is 5.41 Å². The van der Waals surface area contributed by atoms with Gasteiger partial charge >= 0.3 is 0 Å². The zero-order chi connectivity index (χ0) is 10.3. The molecule has 0 fully saturated rings. The minimum Gasteiger partial charge on any atom is -0.355 e. The van der Waals surface area contributed by atoms with Crippen molar-refractivity contribution in [3.05, 3.63) is 0 Å². The van der Waals surface area contributed by atoms with Crippen LogP contribution in [0.25, 0.3) is 0 Å². The molecule has 1 unspecified atom stereocenters. The Morgan fingerprint density at radius 3 is 2.69 bits per heavy atom. The third-order valence-corrected chi connectivity index (χ3v) is 1.72. The second-order valence-corrected chi connectivity index (χ2v) is 3.22. The van der Waals surface area contributed by atoms with Crippen molar-refractivity contribution in [2.45, 2.75) is 39.2 Å².